The van der Waals surface area contributed by atoms with Crippen molar-refractivity contribution in [3.63, 3.8) is 0 Å². The van der Waals surface area contributed by atoms with Crippen molar-refractivity contribution < 1.29 is 23.8 Å². The van der Waals surface area contributed by atoms with E-state index in [1.807, 2.05) is 0 Å². The summed E-state index contributed by atoms with van der Waals surface area (Å²) in [6.45, 7) is 6.92. The van der Waals surface area contributed by atoms with E-state index in [1.165, 1.54) is 7.11 Å². The molecule has 1 N–H and O–H groups in total. The lowest BCUT2D eigenvalue weighted by molar-refractivity contribution is -0.187. The molecule has 3 atom stereocenters. The largest absolute Gasteiger partial charge is 0.444 e. The molecule has 104 valence electrons. The summed E-state index contributed by atoms with van der Waals surface area (Å²) in [4.78, 5) is 23.4. The van der Waals surface area contributed by atoms with Gasteiger partial charge >= 0.3 is 6.09 Å². The van der Waals surface area contributed by atoms with Gasteiger partial charge in [0, 0.05) is 13.5 Å². The van der Waals surface area contributed by atoms with Gasteiger partial charge < -0.3 is 19.5 Å². The van der Waals surface area contributed by atoms with E-state index in [4.69, 9.17) is 14.2 Å². The number of alkyl carbamates (subject to hydrolysis) is 1. The SMILES string of the molecule is COC1CC(NC(=O)OC(C)(C)C)C(=O)C(C)O1. The van der Waals surface area contributed by atoms with Gasteiger partial charge in [0.25, 0.3) is 0 Å². The number of ketones is 1. The Labute approximate surface area is 107 Å². The lowest BCUT2D eigenvalue weighted by atomic mass is 10.0. The molecule has 0 spiro atoms. The summed E-state index contributed by atoms with van der Waals surface area (Å²) in [7, 11) is 1.50. The molecule has 3 unspecified atom stereocenters. The first kappa shape index (κ1) is 14.9. The van der Waals surface area contributed by atoms with Crippen LogP contribution in [0.3, 0.4) is 0 Å². The molecule has 0 aromatic heterocycles. The lowest BCUT2D eigenvalue weighted by Crippen LogP contribution is -2.53. The average molecular weight is 259 g/mol. The molecule has 1 fully saturated rings. The van der Waals surface area contributed by atoms with Gasteiger partial charge in [-0.05, 0) is 27.7 Å². The fourth-order valence-electron chi connectivity index (χ4n) is 1.67. The van der Waals surface area contributed by atoms with Gasteiger partial charge in [0.05, 0.1) is 6.04 Å². The minimum atomic E-state index is -0.631. The average Bonchev–Trinajstić information content (AvgIpc) is 2.21. The summed E-state index contributed by atoms with van der Waals surface area (Å²) >= 11 is 0. The number of amides is 1. The highest BCUT2D eigenvalue weighted by atomic mass is 16.7. The van der Waals surface area contributed by atoms with Crippen LogP contribution in [0.4, 0.5) is 4.79 Å². The van der Waals surface area contributed by atoms with Gasteiger partial charge in [-0.15, -0.1) is 0 Å². The molecule has 1 rings (SSSR count). The summed E-state index contributed by atoms with van der Waals surface area (Å²) in [6.07, 6.45) is -1.40. The minimum absolute atomic E-state index is 0.172. The summed E-state index contributed by atoms with van der Waals surface area (Å²) in [5, 5.41) is 2.55. The first-order valence-corrected chi connectivity index (χ1v) is 5.94. The zero-order chi connectivity index (χ0) is 13.9. The molecule has 0 aromatic rings. The Morgan fingerprint density at radius 1 is 1.44 bits per heavy atom. The van der Waals surface area contributed by atoms with Crippen LogP contribution >= 0.6 is 0 Å². The first-order valence-electron chi connectivity index (χ1n) is 5.94. The van der Waals surface area contributed by atoms with E-state index in [2.05, 4.69) is 5.32 Å². The molecule has 0 bridgehead atoms. The zero-order valence-corrected chi connectivity index (χ0v) is 11.5. The van der Waals surface area contributed by atoms with Crippen LogP contribution in [-0.4, -0.2) is 43.0 Å². The van der Waals surface area contributed by atoms with Crippen LogP contribution in [0.1, 0.15) is 34.1 Å². The van der Waals surface area contributed by atoms with Crippen molar-refractivity contribution in [2.24, 2.45) is 0 Å². The predicted octanol–water partition coefficient (Wildman–Crippen LogP) is 1.23. The standard InChI is InChI=1S/C12H21NO5/c1-7-10(14)8(6-9(16-5)17-7)13-11(15)18-12(2,3)4/h7-9H,6H2,1-5H3,(H,13,15). The molecule has 18 heavy (non-hydrogen) atoms. The van der Waals surface area contributed by atoms with Gasteiger partial charge in [-0.3, -0.25) is 4.79 Å². The fraction of sp³-hybridized carbons (Fsp3) is 0.833. The van der Waals surface area contributed by atoms with Gasteiger partial charge in [0.15, 0.2) is 12.1 Å². The maximum atomic E-state index is 11.8. The third-order valence-electron chi connectivity index (χ3n) is 2.48. The molecule has 0 radical (unpaired) electrons. The molecule has 1 saturated heterocycles. The van der Waals surface area contributed by atoms with Gasteiger partial charge in [-0.25, -0.2) is 4.79 Å². The number of carbonyl (C=O) groups is 2. The molecule has 0 aromatic carbocycles. The van der Waals surface area contributed by atoms with E-state index in [0.29, 0.717) is 6.42 Å². The molecular weight excluding hydrogens is 238 g/mol. The second-order valence-corrected chi connectivity index (χ2v) is 5.28. The van der Waals surface area contributed by atoms with Crippen LogP contribution in [0, 0.1) is 0 Å². The summed E-state index contributed by atoms with van der Waals surface area (Å²) in [5.74, 6) is -0.172. The van der Waals surface area contributed by atoms with Crippen molar-refractivity contribution in [2.45, 2.75) is 58.2 Å². The Hall–Kier alpha value is -1.14. The van der Waals surface area contributed by atoms with E-state index in [1.54, 1.807) is 27.7 Å². The highest BCUT2D eigenvalue weighted by Crippen LogP contribution is 2.17. The molecule has 1 aliphatic heterocycles. The number of rotatable bonds is 2. The van der Waals surface area contributed by atoms with Crippen molar-refractivity contribution >= 4 is 11.9 Å². The number of nitrogens with one attached hydrogen (secondary N) is 1. The molecule has 0 saturated carbocycles. The summed E-state index contributed by atoms with van der Waals surface area (Å²) in [6, 6.07) is -0.631. The first-order chi connectivity index (χ1) is 8.23. The van der Waals surface area contributed by atoms with E-state index in [0.717, 1.165) is 0 Å². The number of methoxy groups -OCH3 is 1. The van der Waals surface area contributed by atoms with Crippen LogP contribution in [0.25, 0.3) is 0 Å². The molecule has 1 heterocycles. The van der Waals surface area contributed by atoms with Gasteiger partial charge in [-0.1, -0.05) is 0 Å². The van der Waals surface area contributed by atoms with Crippen molar-refractivity contribution in [1.29, 1.82) is 0 Å². The molecular formula is C12H21NO5. The Bertz CT molecular complexity index is 323. The number of Topliss-reactive ketones (excluding diaryl/α,β-unsaturated/α-hetero) is 1. The minimum Gasteiger partial charge on any atom is -0.444 e. The molecule has 6 nitrogen and oxygen atoms in total. The number of hydrogen-bond donors (Lipinski definition) is 1. The second kappa shape index (κ2) is 5.67. The fourth-order valence-corrected chi connectivity index (χ4v) is 1.67. The van der Waals surface area contributed by atoms with Crippen molar-refractivity contribution in [3.8, 4) is 0 Å². The number of carbonyl (C=O) groups excluding carboxylic acids is 2. The predicted molar refractivity (Wildman–Crippen MR) is 64.1 cm³/mol. The molecule has 0 aliphatic carbocycles. The molecule has 1 aliphatic rings. The van der Waals surface area contributed by atoms with E-state index in [-0.39, 0.29) is 5.78 Å². The summed E-state index contributed by atoms with van der Waals surface area (Å²) < 4.78 is 15.5. The smallest absolute Gasteiger partial charge is 0.408 e. The Kier molecular flexibility index (Phi) is 4.70. The second-order valence-electron chi connectivity index (χ2n) is 5.28. The van der Waals surface area contributed by atoms with E-state index < -0.39 is 30.1 Å². The third kappa shape index (κ3) is 4.27. The van der Waals surface area contributed by atoms with E-state index >= 15 is 0 Å². The van der Waals surface area contributed by atoms with Gasteiger partial charge in [0.2, 0.25) is 0 Å². The van der Waals surface area contributed by atoms with Gasteiger partial charge in [-0.2, -0.15) is 0 Å². The van der Waals surface area contributed by atoms with Crippen LogP contribution < -0.4 is 5.32 Å². The van der Waals surface area contributed by atoms with Crippen LogP contribution in [0.2, 0.25) is 0 Å². The van der Waals surface area contributed by atoms with Crippen LogP contribution in [0.15, 0.2) is 0 Å². The topological polar surface area (TPSA) is 73.9 Å². The normalized spacial score (nSPS) is 28.9. The quantitative estimate of drug-likeness (QED) is 0.807. The van der Waals surface area contributed by atoms with Crippen LogP contribution in [0.5, 0.6) is 0 Å². The number of hydrogen-bond acceptors (Lipinski definition) is 5. The Balaban J connectivity index is 2.59. The third-order valence-corrected chi connectivity index (χ3v) is 2.48. The van der Waals surface area contributed by atoms with Crippen molar-refractivity contribution in [2.75, 3.05) is 7.11 Å². The zero-order valence-electron chi connectivity index (χ0n) is 11.5. The maximum absolute atomic E-state index is 11.8. The highest BCUT2D eigenvalue weighted by Gasteiger charge is 2.36. The molecule has 6 heteroatoms. The highest BCUT2D eigenvalue weighted by molar-refractivity contribution is 5.91. The number of ether oxygens (including phenoxy) is 3. The maximum Gasteiger partial charge on any atom is 0.408 e. The Morgan fingerprint density at radius 3 is 2.56 bits per heavy atom. The lowest BCUT2D eigenvalue weighted by Gasteiger charge is -2.32. The Morgan fingerprint density at radius 2 is 2.06 bits per heavy atom. The van der Waals surface area contributed by atoms with E-state index in [9.17, 15) is 9.59 Å². The van der Waals surface area contributed by atoms with Gasteiger partial charge in [0.1, 0.15) is 11.7 Å². The van der Waals surface area contributed by atoms with Crippen LogP contribution in [-0.2, 0) is 19.0 Å². The monoisotopic (exact) mass is 259 g/mol. The summed E-state index contributed by atoms with van der Waals surface area (Å²) in [5.41, 5.74) is -0.593. The van der Waals surface area contributed by atoms with Crippen molar-refractivity contribution in [1.82, 2.24) is 5.32 Å². The molecule has 1 amide bonds. The van der Waals surface area contributed by atoms with Crippen molar-refractivity contribution in [3.05, 3.63) is 0 Å².